The minimum absolute atomic E-state index is 0.0693. The number of halogens is 2. The Balaban J connectivity index is 3.39. The lowest BCUT2D eigenvalue weighted by atomic mass is 10.1. The molecule has 0 fully saturated rings. The molecule has 1 aromatic carbocycles. The standard InChI is InChI=1S/C10H8F2O5S2/c1-3-9-4-8(6-18(11,13)14)5-10(7(9)2)17-19(12,15)16/h1,4-5H,6H2,2H3. The van der Waals surface area contributed by atoms with E-state index in [1.165, 1.54) is 13.0 Å². The molecule has 0 spiro atoms. The van der Waals surface area contributed by atoms with E-state index in [9.17, 15) is 24.6 Å². The van der Waals surface area contributed by atoms with Crippen molar-refractivity contribution in [3.63, 3.8) is 0 Å². The van der Waals surface area contributed by atoms with Crippen molar-refractivity contribution in [3.8, 4) is 18.1 Å². The fourth-order valence-corrected chi connectivity index (χ4v) is 2.32. The monoisotopic (exact) mass is 310 g/mol. The van der Waals surface area contributed by atoms with Crippen LogP contribution in [0.1, 0.15) is 16.7 Å². The van der Waals surface area contributed by atoms with Crippen LogP contribution in [-0.4, -0.2) is 16.8 Å². The Morgan fingerprint density at radius 3 is 2.26 bits per heavy atom. The van der Waals surface area contributed by atoms with Crippen LogP contribution in [0.3, 0.4) is 0 Å². The first kappa shape index (κ1) is 15.4. The third kappa shape index (κ3) is 4.84. The number of hydrogen-bond acceptors (Lipinski definition) is 5. The summed E-state index contributed by atoms with van der Waals surface area (Å²) in [5.74, 6) is 0.621. The molecule has 5 nitrogen and oxygen atoms in total. The second-order valence-corrected chi connectivity index (χ2v) is 5.89. The number of terminal acetylenes is 1. The van der Waals surface area contributed by atoms with Gasteiger partial charge in [-0.1, -0.05) is 9.81 Å². The zero-order chi connectivity index (χ0) is 14.8. The molecule has 0 aliphatic heterocycles. The normalized spacial score (nSPS) is 11.9. The highest BCUT2D eigenvalue weighted by Gasteiger charge is 2.17. The summed E-state index contributed by atoms with van der Waals surface area (Å²) in [7, 11) is -10.1. The topological polar surface area (TPSA) is 77.5 Å². The van der Waals surface area contributed by atoms with Gasteiger partial charge in [0, 0.05) is 11.1 Å². The van der Waals surface area contributed by atoms with E-state index in [1.807, 2.05) is 0 Å². The molecule has 1 aromatic rings. The summed E-state index contributed by atoms with van der Waals surface area (Å²) in [6, 6.07) is 2.06. The highest BCUT2D eigenvalue weighted by Crippen LogP contribution is 2.26. The lowest BCUT2D eigenvalue weighted by molar-refractivity contribution is 0.438. The van der Waals surface area contributed by atoms with Gasteiger partial charge in [0.25, 0.3) is 0 Å². The first-order valence-electron chi connectivity index (χ1n) is 4.68. The second kappa shape index (κ2) is 5.14. The third-order valence-corrected chi connectivity index (χ3v) is 3.16. The predicted molar refractivity (Wildman–Crippen MR) is 63.5 cm³/mol. The molecule has 0 atom stereocenters. The van der Waals surface area contributed by atoms with Crippen LogP contribution in [0.15, 0.2) is 12.1 Å². The minimum Gasteiger partial charge on any atom is -0.358 e. The fourth-order valence-electron chi connectivity index (χ4n) is 1.37. The molecule has 19 heavy (non-hydrogen) atoms. The maximum Gasteiger partial charge on any atom is 0.488 e. The Kier molecular flexibility index (Phi) is 4.17. The summed E-state index contributed by atoms with van der Waals surface area (Å²) >= 11 is 0. The summed E-state index contributed by atoms with van der Waals surface area (Å²) in [4.78, 5) is 0. The average Bonchev–Trinajstić information content (AvgIpc) is 2.18. The molecule has 0 unspecified atom stereocenters. The number of hydrogen-bond donors (Lipinski definition) is 0. The maximum atomic E-state index is 12.6. The molecular formula is C10H8F2O5S2. The van der Waals surface area contributed by atoms with Gasteiger partial charge >= 0.3 is 20.7 Å². The van der Waals surface area contributed by atoms with Crippen LogP contribution < -0.4 is 4.18 Å². The van der Waals surface area contributed by atoms with Crippen molar-refractivity contribution in [1.82, 2.24) is 0 Å². The van der Waals surface area contributed by atoms with E-state index >= 15 is 0 Å². The van der Waals surface area contributed by atoms with Crippen LogP contribution in [0.2, 0.25) is 0 Å². The van der Waals surface area contributed by atoms with Gasteiger partial charge in [-0.3, -0.25) is 0 Å². The van der Waals surface area contributed by atoms with E-state index < -0.39 is 32.2 Å². The fraction of sp³-hybridized carbons (Fsp3) is 0.200. The van der Waals surface area contributed by atoms with E-state index in [0.717, 1.165) is 6.07 Å². The van der Waals surface area contributed by atoms with Gasteiger partial charge in [-0.15, -0.1) is 10.3 Å². The van der Waals surface area contributed by atoms with Crippen molar-refractivity contribution >= 4 is 20.7 Å². The summed E-state index contributed by atoms with van der Waals surface area (Å²) in [5, 5.41) is 0. The lowest BCUT2D eigenvalue weighted by Gasteiger charge is -2.09. The van der Waals surface area contributed by atoms with Crippen molar-refractivity contribution < 1.29 is 28.8 Å². The van der Waals surface area contributed by atoms with Crippen molar-refractivity contribution in [1.29, 1.82) is 0 Å². The highest BCUT2D eigenvalue weighted by atomic mass is 32.3. The molecule has 104 valence electrons. The Hall–Kier alpha value is -1.66. The minimum atomic E-state index is -5.30. The Labute approximate surface area is 109 Å². The van der Waals surface area contributed by atoms with Crippen LogP contribution in [0.5, 0.6) is 5.75 Å². The van der Waals surface area contributed by atoms with Gasteiger partial charge in [0.1, 0.15) is 11.5 Å². The molecule has 0 N–H and O–H groups in total. The number of rotatable bonds is 4. The molecule has 0 bridgehead atoms. The quantitative estimate of drug-likeness (QED) is 0.620. The van der Waals surface area contributed by atoms with Gasteiger partial charge < -0.3 is 4.18 Å². The smallest absolute Gasteiger partial charge is 0.358 e. The van der Waals surface area contributed by atoms with Crippen LogP contribution in [-0.2, 0) is 26.5 Å². The molecule has 0 saturated heterocycles. The van der Waals surface area contributed by atoms with Crippen LogP contribution in [0.25, 0.3) is 0 Å². The van der Waals surface area contributed by atoms with Crippen molar-refractivity contribution in [2.45, 2.75) is 12.7 Å². The second-order valence-electron chi connectivity index (χ2n) is 3.57. The Morgan fingerprint density at radius 1 is 1.26 bits per heavy atom. The summed E-state index contributed by atoms with van der Waals surface area (Å²) < 4.78 is 70.9. The molecule has 0 saturated carbocycles. The summed E-state index contributed by atoms with van der Waals surface area (Å²) in [5.41, 5.74) is 0.0308. The Bertz CT molecular complexity index is 745. The predicted octanol–water partition coefficient (Wildman–Crippen LogP) is 1.37. The lowest BCUT2D eigenvalue weighted by Crippen LogP contribution is -2.05. The van der Waals surface area contributed by atoms with Gasteiger partial charge in [0.15, 0.2) is 0 Å². The number of benzene rings is 1. The first-order valence-corrected chi connectivity index (χ1v) is 7.54. The van der Waals surface area contributed by atoms with Crippen molar-refractivity contribution in [2.75, 3.05) is 0 Å². The molecule has 0 amide bonds. The van der Waals surface area contributed by atoms with Crippen LogP contribution in [0.4, 0.5) is 7.77 Å². The zero-order valence-corrected chi connectivity index (χ0v) is 11.2. The molecular weight excluding hydrogens is 302 g/mol. The van der Waals surface area contributed by atoms with Gasteiger partial charge in [-0.25, -0.2) is 0 Å². The first-order chi connectivity index (χ1) is 8.52. The van der Waals surface area contributed by atoms with E-state index in [4.69, 9.17) is 6.42 Å². The van der Waals surface area contributed by atoms with E-state index in [-0.39, 0.29) is 16.7 Å². The molecule has 0 aliphatic carbocycles. The molecule has 0 radical (unpaired) electrons. The maximum absolute atomic E-state index is 12.6. The highest BCUT2D eigenvalue weighted by molar-refractivity contribution is 7.85. The third-order valence-electron chi connectivity index (χ3n) is 2.10. The molecule has 1 rings (SSSR count). The van der Waals surface area contributed by atoms with Crippen LogP contribution in [0, 0.1) is 19.3 Å². The largest absolute Gasteiger partial charge is 0.488 e. The molecule has 0 heterocycles. The van der Waals surface area contributed by atoms with E-state index in [0.29, 0.717) is 0 Å². The molecule has 0 aliphatic rings. The van der Waals surface area contributed by atoms with Gasteiger partial charge in [-0.05, 0) is 24.6 Å². The van der Waals surface area contributed by atoms with Crippen molar-refractivity contribution in [2.24, 2.45) is 0 Å². The van der Waals surface area contributed by atoms with Crippen LogP contribution >= 0.6 is 0 Å². The van der Waals surface area contributed by atoms with Gasteiger partial charge in [0.2, 0.25) is 0 Å². The van der Waals surface area contributed by atoms with Crippen molar-refractivity contribution in [3.05, 3.63) is 28.8 Å². The zero-order valence-electron chi connectivity index (χ0n) is 9.55. The van der Waals surface area contributed by atoms with Gasteiger partial charge in [-0.2, -0.15) is 16.8 Å². The summed E-state index contributed by atoms with van der Waals surface area (Å²) in [6.45, 7) is 1.35. The summed E-state index contributed by atoms with van der Waals surface area (Å²) in [6.07, 6.45) is 5.12. The molecule has 9 heteroatoms. The Morgan fingerprint density at radius 2 is 1.84 bits per heavy atom. The molecule has 0 aromatic heterocycles. The average molecular weight is 310 g/mol. The SMILES string of the molecule is C#Cc1cc(CS(=O)(=O)F)cc(OS(=O)(=O)F)c1C. The van der Waals surface area contributed by atoms with Gasteiger partial charge in [0.05, 0.1) is 0 Å². The van der Waals surface area contributed by atoms with E-state index in [2.05, 4.69) is 10.1 Å². The van der Waals surface area contributed by atoms with E-state index in [1.54, 1.807) is 0 Å².